The second-order valence-corrected chi connectivity index (χ2v) is 5.07. The van der Waals surface area contributed by atoms with Crippen LogP contribution in [0.5, 0.6) is 0 Å². The van der Waals surface area contributed by atoms with E-state index >= 15 is 0 Å². The van der Waals surface area contributed by atoms with Crippen LogP contribution < -0.4 is 0 Å². The Bertz CT molecular complexity index is 118. The van der Waals surface area contributed by atoms with Crippen LogP contribution in [0.4, 0.5) is 0 Å². The molecule has 78 valence electrons. The highest BCUT2D eigenvalue weighted by Gasteiger charge is 2.15. The van der Waals surface area contributed by atoms with E-state index in [0.29, 0.717) is 6.10 Å². The van der Waals surface area contributed by atoms with Crippen LogP contribution in [0.1, 0.15) is 26.2 Å². The minimum Gasteiger partial charge on any atom is -0.377 e. The first kappa shape index (κ1) is 11.7. The van der Waals surface area contributed by atoms with Gasteiger partial charge in [-0.1, -0.05) is 13.3 Å². The lowest BCUT2D eigenvalue weighted by atomic mass is 10.2. The standard InChI is InChI=1S/C10H20OS2/c1-2-9(6-12)7-13-8-10-4-3-5-11-10/h9-10,12H,2-8H2,1H3. The molecule has 1 nitrogen and oxygen atoms in total. The van der Waals surface area contributed by atoms with Crippen LogP contribution in [0.2, 0.25) is 0 Å². The van der Waals surface area contributed by atoms with Crippen molar-refractivity contribution in [3.63, 3.8) is 0 Å². The lowest BCUT2D eigenvalue weighted by Gasteiger charge is -2.13. The van der Waals surface area contributed by atoms with Gasteiger partial charge in [0.2, 0.25) is 0 Å². The predicted molar refractivity (Wildman–Crippen MR) is 63.9 cm³/mol. The van der Waals surface area contributed by atoms with E-state index in [4.69, 9.17) is 4.74 Å². The molecular formula is C10H20OS2. The van der Waals surface area contributed by atoms with Crippen molar-refractivity contribution in [1.29, 1.82) is 0 Å². The lowest BCUT2D eigenvalue weighted by molar-refractivity contribution is 0.129. The molecule has 0 saturated carbocycles. The summed E-state index contributed by atoms with van der Waals surface area (Å²) >= 11 is 6.37. The Labute approximate surface area is 91.4 Å². The molecule has 0 aliphatic carbocycles. The summed E-state index contributed by atoms with van der Waals surface area (Å²) in [6.07, 6.45) is 4.32. The van der Waals surface area contributed by atoms with E-state index in [0.717, 1.165) is 18.3 Å². The fourth-order valence-corrected chi connectivity index (χ4v) is 3.35. The zero-order valence-corrected chi connectivity index (χ0v) is 10.1. The van der Waals surface area contributed by atoms with Crippen LogP contribution in [-0.2, 0) is 4.74 Å². The number of thioether (sulfide) groups is 1. The third kappa shape index (κ3) is 4.61. The summed E-state index contributed by atoms with van der Waals surface area (Å²) < 4.78 is 5.56. The smallest absolute Gasteiger partial charge is 0.0666 e. The first-order chi connectivity index (χ1) is 6.36. The molecule has 1 aliphatic heterocycles. The van der Waals surface area contributed by atoms with Crippen molar-refractivity contribution in [2.75, 3.05) is 23.9 Å². The second kappa shape index (κ2) is 7.02. The fraction of sp³-hybridized carbons (Fsp3) is 1.00. The molecule has 0 radical (unpaired) electrons. The molecule has 2 unspecified atom stereocenters. The molecule has 0 aromatic heterocycles. The van der Waals surface area contributed by atoms with Gasteiger partial charge in [-0.25, -0.2) is 0 Å². The maximum Gasteiger partial charge on any atom is 0.0666 e. The minimum atomic E-state index is 0.544. The van der Waals surface area contributed by atoms with Crippen LogP contribution in [0.15, 0.2) is 0 Å². The monoisotopic (exact) mass is 220 g/mol. The normalized spacial score (nSPS) is 24.9. The molecule has 2 atom stereocenters. The molecule has 13 heavy (non-hydrogen) atoms. The van der Waals surface area contributed by atoms with Gasteiger partial charge in [0, 0.05) is 12.4 Å². The minimum absolute atomic E-state index is 0.544. The number of rotatable bonds is 6. The first-order valence-corrected chi connectivity index (χ1v) is 6.95. The Morgan fingerprint density at radius 2 is 2.46 bits per heavy atom. The maximum absolute atomic E-state index is 5.56. The Morgan fingerprint density at radius 1 is 1.62 bits per heavy atom. The number of hydrogen-bond donors (Lipinski definition) is 1. The van der Waals surface area contributed by atoms with E-state index < -0.39 is 0 Å². The van der Waals surface area contributed by atoms with Crippen LogP contribution in [0.3, 0.4) is 0 Å². The van der Waals surface area contributed by atoms with Crippen LogP contribution >= 0.6 is 24.4 Å². The highest BCUT2D eigenvalue weighted by atomic mass is 32.2. The van der Waals surface area contributed by atoms with Gasteiger partial charge >= 0.3 is 0 Å². The van der Waals surface area contributed by atoms with E-state index in [2.05, 4.69) is 19.6 Å². The van der Waals surface area contributed by atoms with E-state index in [1.54, 1.807) is 0 Å². The molecule has 1 saturated heterocycles. The molecule has 0 bridgehead atoms. The second-order valence-electron chi connectivity index (χ2n) is 3.63. The van der Waals surface area contributed by atoms with Crippen molar-refractivity contribution < 1.29 is 4.74 Å². The molecule has 0 spiro atoms. The van der Waals surface area contributed by atoms with Crippen LogP contribution in [0.25, 0.3) is 0 Å². The summed E-state index contributed by atoms with van der Waals surface area (Å²) in [7, 11) is 0. The predicted octanol–water partition coefficient (Wildman–Crippen LogP) is 2.85. The zero-order valence-electron chi connectivity index (χ0n) is 8.37. The highest BCUT2D eigenvalue weighted by molar-refractivity contribution is 7.99. The van der Waals surface area contributed by atoms with Gasteiger partial charge in [-0.15, -0.1) is 0 Å². The van der Waals surface area contributed by atoms with Gasteiger partial charge in [0.15, 0.2) is 0 Å². The molecule has 1 rings (SSSR count). The van der Waals surface area contributed by atoms with E-state index in [1.165, 1.54) is 30.8 Å². The number of hydrogen-bond acceptors (Lipinski definition) is 3. The molecule has 0 amide bonds. The van der Waals surface area contributed by atoms with Crippen molar-refractivity contribution >= 4 is 24.4 Å². The topological polar surface area (TPSA) is 9.23 Å². The number of thiol groups is 1. The Hall–Kier alpha value is 0.660. The molecule has 1 fully saturated rings. The van der Waals surface area contributed by atoms with Crippen LogP contribution in [-0.4, -0.2) is 30.0 Å². The summed E-state index contributed by atoms with van der Waals surface area (Å²) in [5.74, 6) is 4.24. The summed E-state index contributed by atoms with van der Waals surface area (Å²) in [5, 5.41) is 0. The van der Waals surface area contributed by atoms with Gasteiger partial charge < -0.3 is 4.74 Å². The summed E-state index contributed by atoms with van der Waals surface area (Å²) in [5.41, 5.74) is 0. The van der Waals surface area contributed by atoms with Crippen LogP contribution in [0, 0.1) is 5.92 Å². The van der Waals surface area contributed by atoms with Crippen molar-refractivity contribution in [1.82, 2.24) is 0 Å². The van der Waals surface area contributed by atoms with Crippen molar-refractivity contribution in [3.05, 3.63) is 0 Å². The molecule has 3 heteroatoms. The zero-order chi connectivity index (χ0) is 9.52. The fourth-order valence-electron chi connectivity index (χ4n) is 1.44. The van der Waals surface area contributed by atoms with E-state index in [9.17, 15) is 0 Å². The van der Waals surface area contributed by atoms with Crippen molar-refractivity contribution in [3.8, 4) is 0 Å². The molecule has 0 aromatic rings. The maximum atomic E-state index is 5.56. The van der Waals surface area contributed by atoms with Crippen molar-refractivity contribution in [2.24, 2.45) is 5.92 Å². The van der Waals surface area contributed by atoms with E-state index in [-0.39, 0.29) is 0 Å². The Morgan fingerprint density at radius 3 is 3.00 bits per heavy atom. The Kier molecular flexibility index (Phi) is 6.33. The lowest BCUT2D eigenvalue weighted by Crippen LogP contribution is -2.11. The summed E-state index contributed by atoms with van der Waals surface area (Å²) in [6, 6.07) is 0. The molecule has 0 aromatic carbocycles. The van der Waals surface area contributed by atoms with Gasteiger partial charge in [0.05, 0.1) is 6.10 Å². The van der Waals surface area contributed by atoms with Crippen molar-refractivity contribution in [2.45, 2.75) is 32.3 Å². The average molecular weight is 220 g/mol. The first-order valence-electron chi connectivity index (χ1n) is 5.17. The third-order valence-corrected chi connectivity index (χ3v) is 4.35. The van der Waals surface area contributed by atoms with Gasteiger partial charge in [-0.05, 0) is 30.3 Å². The highest BCUT2D eigenvalue weighted by Crippen LogP contribution is 2.20. The molecule has 0 N–H and O–H groups in total. The van der Waals surface area contributed by atoms with Gasteiger partial charge in [0.25, 0.3) is 0 Å². The molecule has 1 heterocycles. The van der Waals surface area contributed by atoms with Gasteiger partial charge in [-0.3, -0.25) is 0 Å². The quantitative estimate of drug-likeness (QED) is 0.689. The molecule has 1 aliphatic rings. The SMILES string of the molecule is CCC(CS)CSCC1CCCO1. The third-order valence-electron chi connectivity index (χ3n) is 2.52. The summed E-state index contributed by atoms with van der Waals surface area (Å²) in [4.78, 5) is 0. The molecular weight excluding hydrogens is 200 g/mol. The van der Waals surface area contributed by atoms with Gasteiger partial charge in [0.1, 0.15) is 0 Å². The number of ether oxygens (including phenoxy) is 1. The summed E-state index contributed by atoms with van der Waals surface area (Å²) in [6.45, 7) is 3.22. The van der Waals surface area contributed by atoms with Gasteiger partial charge in [-0.2, -0.15) is 24.4 Å². The Balaban J connectivity index is 1.98. The van der Waals surface area contributed by atoms with E-state index in [1.807, 2.05) is 11.8 Å². The largest absolute Gasteiger partial charge is 0.377 e. The average Bonchev–Trinajstić information content (AvgIpc) is 2.65.